The first-order valence-electron chi connectivity index (χ1n) is 6.52. The Morgan fingerprint density at radius 1 is 1.40 bits per heavy atom. The van der Waals surface area contributed by atoms with Crippen LogP contribution in [0.2, 0.25) is 0 Å². The number of nitrogens with zero attached hydrogens (tertiary/aromatic N) is 2. The van der Waals surface area contributed by atoms with E-state index in [4.69, 9.17) is 10.5 Å². The van der Waals surface area contributed by atoms with Crippen molar-refractivity contribution in [1.82, 2.24) is 9.55 Å². The molecule has 2 aromatic rings. The van der Waals surface area contributed by atoms with E-state index in [2.05, 4.69) is 4.98 Å². The quantitative estimate of drug-likeness (QED) is 0.872. The fourth-order valence-corrected chi connectivity index (χ4v) is 2.19. The predicted molar refractivity (Wildman–Crippen MR) is 78.2 cm³/mol. The maximum absolute atomic E-state index is 11.7. The SMILES string of the molecule is CCc1nc(C(=O)OC)c(N)n1-c1cc(C)ccc1C. The summed E-state index contributed by atoms with van der Waals surface area (Å²) in [6.45, 7) is 6.00. The summed E-state index contributed by atoms with van der Waals surface area (Å²) in [5, 5.41) is 0. The second-order valence-electron chi connectivity index (χ2n) is 4.73. The maximum Gasteiger partial charge on any atom is 0.360 e. The van der Waals surface area contributed by atoms with E-state index in [0.717, 1.165) is 22.6 Å². The van der Waals surface area contributed by atoms with Crippen LogP contribution in [0.1, 0.15) is 34.4 Å². The Hall–Kier alpha value is -2.30. The van der Waals surface area contributed by atoms with E-state index in [1.54, 1.807) is 0 Å². The van der Waals surface area contributed by atoms with Gasteiger partial charge in [-0.1, -0.05) is 19.1 Å². The van der Waals surface area contributed by atoms with Gasteiger partial charge in [0, 0.05) is 6.42 Å². The number of aryl methyl sites for hydroxylation is 3. The van der Waals surface area contributed by atoms with Crippen LogP contribution in [0.3, 0.4) is 0 Å². The van der Waals surface area contributed by atoms with Gasteiger partial charge >= 0.3 is 5.97 Å². The summed E-state index contributed by atoms with van der Waals surface area (Å²) in [5.41, 5.74) is 9.42. The van der Waals surface area contributed by atoms with Crippen molar-refractivity contribution in [3.05, 3.63) is 40.8 Å². The number of nitrogen functional groups attached to an aromatic ring is 1. The van der Waals surface area contributed by atoms with Crippen LogP contribution in [0.15, 0.2) is 18.2 Å². The van der Waals surface area contributed by atoms with Gasteiger partial charge < -0.3 is 10.5 Å². The highest BCUT2D eigenvalue weighted by molar-refractivity contribution is 5.92. The number of anilines is 1. The molecule has 0 spiro atoms. The molecule has 20 heavy (non-hydrogen) atoms. The van der Waals surface area contributed by atoms with Gasteiger partial charge in [-0.25, -0.2) is 9.78 Å². The summed E-state index contributed by atoms with van der Waals surface area (Å²) in [6.07, 6.45) is 0.675. The lowest BCUT2D eigenvalue weighted by molar-refractivity contribution is 0.0596. The molecule has 106 valence electrons. The fourth-order valence-electron chi connectivity index (χ4n) is 2.19. The third-order valence-electron chi connectivity index (χ3n) is 3.28. The van der Waals surface area contributed by atoms with Crippen molar-refractivity contribution in [3.63, 3.8) is 0 Å². The standard InChI is InChI=1S/C15H19N3O2/c1-5-12-17-13(15(19)20-4)14(16)18(12)11-8-9(2)6-7-10(11)3/h6-8H,5,16H2,1-4H3. The first-order valence-corrected chi connectivity index (χ1v) is 6.52. The highest BCUT2D eigenvalue weighted by Gasteiger charge is 2.21. The van der Waals surface area contributed by atoms with E-state index in [1.807, 2.05) is 43.5 Å². The fraction of sp³-hybridized carbons (Fsp3) is 0.333. The number of hydrogen-bond donors (Lipinski definition) is 1. The topological polar surface area (TPSA) is 70.1 Å². The minimum Gasteiger partial charge on any atom is -0.464 e. The van der Waals surface area contributed by atoms with E-state index < -0.39 is 5.97 Å². The molecule has 0 saturated heterocycles. The van der Waals surface area contributed by atoms with Gasteiger partial charge in [-0.05, 0) is 31.0 Å². The monoisotopic (exact) mass is 273 g/mol. The average molecular weight is 273 g/mol. The minimum absolute atomic E-state index is 0.172. The summed E-state index contributed by atoms with van der Waals surface area (Å²) < 4.78 is 6.55. The van der Waals surface area contributed by atoms with Gasteiger partial charge in [0.15, 0.2) is 5.69 Å². The van der Waals surface area contributed by atoms with Crippen molar-refractivity contribution in [2.24, 2.45) is 0 Å². The van der Waals surface area contributed by atoms with Crippen LogP contribution in [-0.2, 0) is 11.2 Å². The van der Waals surface area contributed by atoms with Gasteiger partial charge in [0.05, 0.1) is 12.8 Å². The predicted octanol–water partition coefficient (Wildman–Crippen LogP) is 2.42. The molecule has 2 rings (SSSR count). The van der Waals surface area contributed by atoms with Crippen molar-refractivity contribution in [2.75, 3.05) is 12.8 Å². The molecular formula is C15H19N3O2. The van der Waals surface area contributed by atoms with Gasteiger partial charge in [0.1, 0.15) is 11.6 Å². The molecule has 0 radical (unpaired) electrons. The Morgan fingerprint density at radius 2 is 2.10 bits per heavy atom. The zero-order chi connectivity index (χ0) is 14.9. The van der Waals surface area contributed by atoms with Crippen molar-refractivity contribution >= 4 is 11.8 Å². The van der Waals surface area contributed by atoms with Crippen LogP contribution < -0.4 is 5.73 Å². The number of esters is 1. The lowest BCUT2D eigenvalue weighted by atomic mass is 10.1. The number of carbonyl (C=O) groups excluding carboxylic acids is 1. The number of ether oxygens (including phenoxy) is 1. The number of carbonyl (C=O) groups is 1. The molecule has 1 aromatic heterocycles. The molecule has 0 aliphatic rings. The molecule has 0 amide bonds. The molecule has 5 heteroatoms. The number of hydrogen-bond acceptors (Lipinski definition) is 4. The van der Waals surface area contributed by atoms with Crippen molar-refractivity contribution < 1.29 is 9.53 Å². The maximum atomic E-state index is 11.7. The third-order valence-corrected chi connectivity index (χ3v) is 3.28. The van der Waals surface area contributed by atoms with E-state index >= 15 is 0 Å². The number of nitrogens with two attached hydrogens (primary N) is 1. The average Bonchev–Trinajstić information content (AvgIpc) is 2.77. The highest BCUT2D eigenvalue weighted by Crippen LogP contribution is 2.25. The molecule has 0 saturated carbocycles. The molecule has 0 aliphatic carbocycles. The summed E-state index contributed by atoms with van der Waals surface area (Å²) in [5.74, 6) is 0.556. The smallest absolute Gasteiger partial charge is 0.360 e. The summed E-state index contributed by atoms with van der Waals surface area (Å²) >= 11 is 0. The van der Waals surface area contributed by atoms with Gasteiger partial charge in [-0.3, -0.25) is 4.57 Å². The van der Waals surface area contributed by atoms with Crippen molar-refractivity contribution in [2.45, 2.75) is 27.2 Å². The molecule has 0 unspecified atom stereocenters. The normalized spacial score (nSPS) is 10.6. The molecule has 0 bridgehead atoms. The Labute approximate surface area is 118 Å². The number of rotatable bonds is 3. The Bertz CT molecular complexity index is 659. The van der Waals surface area contributed by atoms with Gasteiger partial charge in [0.2, 0.25) is 0 Å². The molecule has 1 heterocycles. The minimum atomic E-state index is -0.513. The molecule has 5 nitrogen and oxygen atoms in total. The van der Waals surface area contributed by atoms with Crippen LogP contribution in [0.4, 0.5) is 5.82 Å². The molecule has 0 fully saturated rings. The summed E-state index contributed by atoms with van der Waals surface area (Å²) in [7, 11) is 1.32. The first kappa shape index (κ1) is 14.1. The Morgan fingerprint density at radius 3 is 2.70 bits per heavy atom. The zero-order valence-electron chi connectivity index (χ0n) is 12.2. The lowest BCUT2D eigenvalue weighted by Gasteiger charge is -2.12. The van der Waals surface area contributed by atoms with Crippen molar-refractivity contribution in [3.8, 4) is 5.69 Å². The molecular weight excluding hydrogens is 254 g/mol. The second-order valence-corrected chi connectivity index (χ2v) is 4.73. The first-order chi connectivity index (χ1) is 9.49. The zero-order valence-corrected chi connectivity index (χ0v) is 12.2. The van der Waals surface area contributed by atoms with Gasteiger partial charge in [-0.2, -0.15) is 0 Å². The largest absolute Gasteiger partial charge is 0.464 e. The second kappa shape index (κ2) is 5.36. The lowest BCUT2D eigenvalue weighted by Crippen LogP contribution is -2.09. The van der Waals surface area contributed by atoms with Crippen LogP contribution >= 0.6 is 0 Å². The molecule has 2 N–H and O–H groups in total. The summed E-state index contributed by atoms with van der Waals surface area (Å²) in [6, 6.07) is 6.10. The third kappa shape index (κ3) is 2.27. The van der Waals surface area contributed by atoms with Crippen molar-refractivity contribution in [1.29, 1.82) is 0 Å². The van der Waals surface area contributed by atoms with Crippen LogP contribution in [-0.4, -0.2) is 22.6 Å². The number of aromatic nitrogens is 2. The van der Waals surface area contributed by atoms with E-state index in [0.29, 0.717) is 12.2 Å². The Balaban J connectivity index is 2.70. The number of benzene rings is 1. The Kier molecular flexibility index (Phi) is 3.79. The highest BCUT2D eigenvalue weighted by atomic mass is 16.5. The van der Waals surface area contributed by atoms with E-state index in [1.165, 1.54) is 7.11 Å². The molecule has 1 aromatic carbocycles. The van der Waals surface area contributed by atoms with Gasteiger partial charge in [-0.15, -0.1) is 0 Å². The molecule has 0 aliphatic heterocycles. The number of imidazole rings is 1. The van der Waals surface area contributed by atoms with Crippen LogP contribution in [0.25, 0.3) is 5.69 Å². The molecule has 0 atom stereocenters. The van der Waals surface area contributed by atoms with Crippen LogP contribution in [0, 0.1) is 13.8 Å². The van der Waals surface area contributed by atoms with Crippen LogP contribution in [0.5, 0.6) is 0 Å². The van der Waals surface area contributed by atoms with E-state index in [-0.39, 0.29) is 5.69 Å². The van der Waals surface area contributed by atoms with E-state index in [9.17, 15) is 4.79 Å². The van der Waals surface area contributed by atoms with Gasteiger partial charge in [0.25, 0.3) is 0 Å². The summed E-state index contributed by atoms with van der Waals surface area (Å²) in [4.78, 5) is 16.0. The number of methoxy groups -OCH3 is 1.